The molecule has 1 saturated heterocycles. The summed E-state index contributed by atoms with van der Waals surface area (Å²) in [5.41, 5.74) is 0.510. The fourth-order valence-corrected chi connectivity index (χ4v) is 2.97. The first-order valence-electron chi connectivity index (χ1n) is 8.94. The summed E-state index contributed by atoms with van der Waals surface area (Å²) in [6, 6.07) is 6.30. The van der Waals surface area contributed by atoms with Gasteiger partial charge in [-0.2, -0.15) is 0 Å². The van der Waals surface area contributed by atoms with Crippen molar-refractivity contribution < 1.29 is 14.3 Å². The maximum atomic E-state index is 12.5. The van der Waals surface area contributed by atoms with Gasteiger partial charge in [0.2, 0.25) is 5.91 Å². The third kappa shape index (κ3) is 5.74. The molecule has 0 bridgehead atoms. The number of carbonyl (C=O) groups excluding carboxylic acids is 2. The van der Waals surface area contributed by atoms with E-state index in [0.29, 0.717) is 23.8 Å². The average molecular weight is 347 g/mol. The molecule has 2 rings (SSSR count). The lowest BCUT2D eigenvalue weighted by atomic mass is 10.0. The highest BCUT2D eigenvalue weighted by Gasteiger charge is 2.25. The van der Waals surface area contributed by atoms with Crippen LogP contribution < -0.4 is 20.7 Å². The van der Waals surface area contributed by atoms with Gasteiger partial charge in [0.25, 0.3) is 5.91 Å². The molecule has 0 aliphatic carbocycles. The summed E-state index contributed by atoms with van der Waals surface area (Å²) in [6.45, 7) is 6.59. The zero-order valence-electron chi connectivity index (χ0n) is 15.3. The highest BCUT2D eigenvalue weighted by molar-refractivity contribution is 5.97. The van der Waals surface area contributed by atoms with Crippen LogP contribution in [0.2, 0.25) is 0 Å². The van der Waals surface area contributed by atoms with E-state index < -0.39 is 6.04 Å². The third-order valence-corrected chi connectivity index (χ3v) is 4.60. The molecule has 6 nitrogen and oxygen atoms in total. The van der Waals surface area contributed by atoms with Gasteiger partial charge in [0.05, 0.1) is 7.11 Å². The van der Waals surface area contributed by atoms with E-state index in [2.05, 4.69) is 16.0 Å². The van der Waals surface area contributed by atoms with Crippen molar-refractivity contribution in [2.24, 2.45) is 11.8 Å². The number of rotatable bonds is 8. The minimum atomic E-state index is -0.545. The van der Waals surface area contributed by atoms with E-state index in [1.165, 1.54) is 0 Å². The number of hydrogen-bond acceptors (Lipinski definition) is 4. The van der Waals surface area contributed by atoms with E-state index in [9.17, 15) is 9.59 Å². The Balaban J connectivity index is 1.87. The van der Waals surface area contributed by atoms with Crippen LogP contribution in [0.4, 0.5) is 0 Å². The van der Waals surface area contributed by atoms with Crippen molar-refractivity contribution in [3.63, 3.8) is 0 Å². The van der Waals surface area contributed by atoms with E-state index in [0.717, 1.165) is 25.9 Å². The van der Waals surface area contributed by atoms with Crippen LogP contribution in [0.3, 0.4) is 0 Å². The van der Waals surface area contributed by atoms with E-state index in [4.69, 9.17) is 4.74 Å². The van der Waals surface area contributed by atoms with Crippen LogP contribution in [-0.2, 0) is 4.79 Å². The zero-order chi connectivity index (χ0) is 18.2. The molecular weight excluding hydrogens is 318 g/mol. The molecule has 2 atom stereocenters. The standard InChI is InChI=1S/C19H29N3O3/c1-13(2)17(19(24)21-11-9-14-8-10-20-12-14)22-18(23)15-4-6-16(25-3)7-5-15/h4-7,13-14,17,20H,8-12H2,1-3H3,(H,21,24)(H,22,23). The molecule has 1 fully saturated rings. The predicted octanol–water partition coefficient (Wildman–Crippen LogP) is 1.57. The topological polar surface area (TPSA) is 79.5 Å². The van der Waals surface area contributed by atoms with Crippen LogP contribution in [-0.4, -0.2) is 44.6 Å². The summed E-state index contributed by atoms with van der Waals surface area (Å²) in [6.07, 6.45) is 2.13. The van der Waals surface area contributed by atoms with Crippen LogP contribution in [0.15, 0.2) is 24.3 Å². The molecule has 1 aliphatic heterocycles. The Morgan fingerprint density at radius 1 is 1.28 bits per heavy atom. The first-order valence-corrected chi connectivity index (χ1v) is 8.94. The fourth-order valence-electron chi connectivity index (χ4n) is 2.97. The highest BCUT2D eigenvalue weighted by Crippen LogP contribution is 2.13. The maximum Gasteiger partial charge on any atom is 0.251 e. The minimum Gasteiger partial charge on any atom is -0.497 e. The lowest BCUT2D eigenvalue weighted by molar-refractivity contribution is -0.123. The first kappa shape index (κ1) is 19.2. The molecule has 1 aromatic carbocycles. The number of ether oxygens (including phenoxy) is 1. The molecule has 1 aromatic rings. The second kappa shape index (κ2) is 9.42. The van der Waals surface area contributed by atoms with Crippen LogP contribution >= 0.6 is 0 Å². The van der Waals surface area contributed by atoms with Gasteiger partial charge >= 0.3 is 0 Å². The van der Waals surface area contributed by atoms with Crippen LogP contribution in [0.25, 0.3) is 0 Å². The molecule has 138 valence electrons. The van der Waals surface area contributed by atoms with E-state index >= 15 is 0 Å². The second-order valence-corrected chi connectivity index (χ2v) is 6.86. The summed E-state index contributed by atoms with van der Waals surface area (Å²) in [4.78, 5) is 24.9. The highest BCUT2D eigenvalue weighted by atomic mass is 16.5. The quantitative estimate of drug-likeness (QED) is 0.667. The van der Waals surface area contributed by atoms with Gasteiger partial charge in [-0.25, -0.2) is 0 Å². The SMILES string of the molecule is COc1ccc(C(=O)NC(C(=O)NCCC2CCNC2)C(C)C)cc1. The Bertz CT molecular complexity index is 566. The van der Waals surface area contributed by atoms with Crippen LogP contribution in [0.1, 0.15) is 37.0 Å². The number of benzene rings is 1. The molecule has 2 amide bonds. The lowest BCUT2D eigenvalue weighted by Gasteiger charge is -2.22. The van der Waals surface area contributed by atoms with Gasteiger partial charge in [0.15, 0.2) is 0 Å². The van der Waals surface area contributed by atoms with E-state index in [1.807, 2.05) is 13.8 Å². The van der Waals surface area contributed by atoms with Gasteiger partial charge in [-0.1, -0.05) is 13.8 Å². The Morgan fingerprint density at radius 2 is 2.00 bits per heavy atom. The van der Waals surface area contributed by atoms with Crippen molar-refractivity contribution in [1.82, 2.24) is 16.0 Å². The predicted molar refractivity (Wildman–Crippen MR) is 97.7 cm³/mol. The molecule has 0 radical (unpaired) electrons. The number of hydrogen-bond donors (Lipinski definition) is 3. The van der Waals surface area contributed by atoms with Gasteiger partial charge < -0.3 is 20.7 Å². The molecule has 1 heterocycles. The molecule has 0 aromatic heterocycles. The van der Waals surface area contributed by atoms with Gasteiger partial charge in [0, 0.05) is 12.1 Å². The number of carbonyl (C=O) groups is 2. The van der Waals surface area contributed by atoms with Crippen molar-refractivity contribution in [3.8, 4) is 5.75 Å². The number of amides is 2. The van der Waals surface area contributed by atoms with Crippen molar-refractivity contribution in [2.75, 3.05) is 26.7 Å². The summed E-state index contributed by atoms with van der Waals surface area (Å²) >= 11 is 0. The van der Waals surface area contributed by atoms with Crippen molar-refractivity contribution >= 4 is 11.8 Å². The molecule has 25 heavy (non-hydrogen) atoms. The van der Waals surface area contributed by atoms with Gasteiger partial charge in [-0.15, -0.1) is 0 Å². The van der Waals surface area contributed by atoms with Gasteiger partial charge in [0.1, 0.15) is 11.8 Å². The Labute approximate surface area is 149 Å². The Hall–Kier alpha value is -2.08. The molecule has 2 unspecified atom stereocenters. The van der Waals surface area contributed by atoms with Crippen molar-refractivity contribution in [3.05, 3.63) is 29.8 Å². The van der Waals surface area contributed by atoms with Gasteiger partial charge in [-0.05, 0) is 62.0 Å². The van der Waals surface area contributed by atoms with E-state index in [1.54, 1.807) is 31.4 Å². The summed E-state index contributed by atoms with van der Waals surface area (Å²) in [5, 5.41) is 9.13. The molecule has 0 saturated carbocycles. The molecule has 3 N–H and O–H groups in total. The molecule has 1 aliphatic rings. The molecule has 0 spiro atoms. The summed E-state index contributed by atoms with van der Waals surface area (Å²) < 4.78 is 5.09. The Kier molecular flexibility index (Phi) is 7.25. The largest absolute Gasteiger partial charge is 0.497 e. The Morgan fingerprint density at radius 3 is 2.56 bits per heavy atom. The smallest absolute Gasteiger partial charge is 0.251 e. The maximum absolute atomic E-state index is 12.5. The van der Waals surface area contributed by atoms with Crippen molar-refractivity contribution in [1.29, 1.82) is 0 Å². The monoisotopic (exact) mass is 347 g/mol. The van der Waals surface area contributed by atoms with Gasteiger partial charge in [-0.3, -0.25) is 9.59 Å². The lowest BCUT2D eigenvalue weighted by Crippen LogP contribution is -2.50. The second-order valence-electron chi connectivity index (χ2n) is 6.86. The van der Waals surface area contributed by atoms with E-state index in [-0.39, 0.29) is 17.7 Å². The summed E-state index contributed by atoms with van der Waals surface area (Å²) in [5.74, 6) is 0.956. The van der Waals surface area contributed by atoms with Crippen LogP contribution in [0, 0.1) is 11.8 Å². The summed E-state index contributed by atoms with van der Waals surface area (Å²) in [7, 11) is 1.58. The third-order valence-electron chi connectivity index (χ3n) is 4.60. The normalized spacial score (nSPS) is 18.0. The zero-order valence-corrected chi connectivity index (χ0v) is 15.3. The average Bonchev–Trinajstić information content (AvgIpc) is 3.12. The van der Waals surface area contributed by atoms with Crippen molar-refractivity contribution in [2.45, 2.75) is 32.7 Å². The molecule has 6 heteroatoms. The first-order chi connectivity index (χ1) is 12.0. The molecular formula is C19H29N3O3. The number of methoxy groups -OCH3 is 1. The minimum absolute atomic E-state index is 0.00958. The fraction of sp³-hybridized carbons (Fsp3) is 0.579. The number of nitrogens with one attached hydrogen (secondary N) is 3. The van der Waals surface area contributed by atoms with Crippen LogP contribution in [0.5, 0.6) is 5.75 Å².